The van der Waals surface area contributed by atoms with Crippen molar-refractivity contribution in [2.45, 2.75) is 108 Å². The van der Waals surface area contributed by atoms with Crippen molar-refractivity contribution in [1.29, 1.82) is 0 Å². The summed E-state index contributed by atoms with van der Waals surface area (Å²) in [6.45, 7) is 2.44. The van der Waals surface area contributed by atoms with E-state index in [-0.39, 0.29) is 0 Å². The maximum absolute atomic E-state index is 6.12. The van der Waals surface area contributed by atoms with Crippen LogP contribution in [0.3, 0.4) is 0 Å². The largest absolute Gasteiger partial charge is 0.361 e. The van der Waals surface area contributed by atoms with Crippen LogP contribution in [0.15, 0.2) is 10.6 Å². The summed E-state index contributed by atoms with van der Waals surface area (Å²) in [5, 5.41) is 4.62. The number of likely N-dealkylation sites (N-methyl/N-ethyl adjacent to an activating group) is 1. The second-order valence-corrected chi connectivity index (χ2v) is 10.4. The molecule has 5 rings (SSSR count). The normalized spacial score (nSPS) is 41.1. The quantitative estimate of drug-likeness (QED) is 0.642. The van der Waals surface area contributed by atoms with Gasteiger partial charge in [0.15, 0.2) is 0 Å². The molecule has 3 heterocycles. The number of fused-ring (bicyclic) bond motifs is 2. The molecule has 0 aromatic carbocycles. The van der Waals surface area contributed by atoms with E-state index in [1.165, 1.54) is 88.5 Å². The van der Waals surface area contributed by atoms with Gasteiger partial charge in [0.25, 0.3) is 0 Å². The monoisotopic (exact) mass is 370 g/mol. The molecule has 2 bridgehead atoms. The zero-order valence-electron chi connectivity index (χ0n) is 17.4. The predicted molar refractivity (Wildman–Crippen MR) is 109 cm³/mol. The van der Waals surface area contributed by atoms with E-state index in [4.69, 9.17) is 4.52 Å². The molecule has 150 valence electrons. The molecule has 2 aliphatic carbocycles. The maximum atomic E-state index is 6.12. The molecule has 0 radical (unpaired) electrons. The second-order valence-electron chi connectivity index (χ2n) is 10.4. The smallest absolute Gasteiger partial charge is 0.141 e. The van der Waals surface area contributed by atoms with Crippen LogP contribution in [0.25, 0.3) is 0 Å². The third-order valence-corrected chi connectivity index (χ3v) is 8.88. The number of hydrogen-bond acceptors (Lipinski definition) is 3. The van der Waals surface area contributed by atoms with Crippen molar-refractivity contribution in [3.05, 3.63) is 17.5 Å². The summed E-state index contributed by atoms with van der Waals surface area (Å²) in [4.78, 5) is 2.69. The summed E-state index contributed by atoms with van der Waals surface area (Å²) in [7, 11) is 2.37. The van der Waals surface area contributed by atoms with Gasteiger partial charge >= 0.3 is 0 Å². The van der Waals surface area contributed by atoms with E-state index in [1.807, 2.05) is 0 Å². The van der Waals surface area contributed by atoms with Gasteiger partial charge in [0.1, 0.15) is 5.76 Å². The highest BCUT2D eigenvalue weighted by atomic mass is 16.5. The highest BCUT2D eigenvalue weighted by Gasteiger charge is 2.50. The van der Waals surface area contributed by atoms with Gasteiger partial charge in [0.2, 0.25) is 0 Å². The van der Waals surface area contributed by atoms with E-state index in [0.717, 1.165) is 23.8 Å². The molecule has 4 unspecified atom stereocenters. The molecule has 1 aromatic rings. The van der Waals surface area contributed by atoms with Crippen LogP contribution < -0.4 is 0 Å². The molecule has 4 atom stereocenters. The van der Waals surface area contributed by atoms with Gasteiger partial charge in [-0.25, -0.2) is 0 Å². The molecule has 0 spiro atoms. The first-order chi connectivity index (χ1) is 13.2. The lowest BCUT2D eigenvalue weighted by molar-refractivity contribution is 0.0470. The molecular weight excluding hydrogens is 332 g/mol. The summed E-state index contributed by atoms with van der Waals surface area (Å²) in [6, 6.07) is 3.89. The van der Waals surface area contributed by atoms with Gasteiger partial charge in [-0.15, -0.1) is 0 Å². The Morgan fingerprint density at radius 3 is 2.52 bits per heavy atom. The van der Waals surface area contributed by atoms with Crippen LogP contribution in [0.2, 0.25) is 0 Å². The minimum Gasteiger partial charge on any atom is -0.361 e. The van der Waals surface area contributed by atoms with Crippen molar-refractivity contribution < 1.29 is 4.52 Å². The minimum atomic E-state index is 0.581. The van der Waals surface area contributed by atoms with Crippen LogP contribution in [-0.4, -0.2) is 29.2 Å². The van der Waals surface area contributed by atoms with Crippen LogP contribution in [-0.2, 0) is 0 Å². The van der Waals surface area contributed by atoms with Gasteiger partial charge in [0.05, 0.1) is 5.69 Å². The van der Waals surface area contributed by atoms with Gasteiger partial charge in [-0.3, -0.25) is 4.90 Å². The lowest BCUT2D eigenvalue weighted by Crippen LogP contribution is -2.47. The van der Waals surface area contributed by atoms with Crippen molar-refractivity contribution in [2.24, 2.45) is 17.8 Å². The zero-order valence-corrected chi connectivity index (χ0v) is 17.4. The molecule has 2 saturated heterocycles. The first kappa shape index (κ1) is 18.2. The van der Waals surface area contributed by atoms with Crippen LogP contribution in [0.5, 0.6) is 0 Å². The van der Waals surface area contributed by atoms with Crippen molar-refractivity contribution in [3.63, 3.8) is 0 Å². The van der Waals surface area contributed by atoms with Crippen molar-refractivity contribution in [1.82, 2.24) is 10.1 Å². The Bertz CT molecular complexity index is 626. The van der Waals surface area contributed by atoms with Gasteiger partial charge in [-0.2, -0.15) is 0 Å². The molecule has 1 aromatic heterocycles. The molecule has 4 aliphatic rings. The first-order valence-electron chi connectivity index (χ1n) is 11.9. The van der Waals surface area contributed by atoms with Gasteiger partial charge in [-0.1, -0.05) is 44.2 Å². The maximum Gasteiger partial charge on any atom is 0.141 e. The van der Waals surface area contributed by atoms with Crippen LogP contribution in [0.4, 0.5) is 0 Å². The Morgan fingerprint density at radius 2 is 1.74 bits per heavy atom. The predicted octanol–water partition coefficient (Wildman–Crippen LogP) is 6.11. The van der Waals surface area contributed by atoms with Crippen LogP contribution in [0.1, 0.15) is 107 Å². The molecule has 3 heteroatoms. The average molecular weight is 371 g/mol. The number of nitrogens with zero attached hydrogens (tertiary/aromatic N) is 2. The third kappa shape index (κ3) is 3.39. The molecular formula is C24H38N2O. The van der Waals surface area contributed by atoms with E-state index in [2.05, 4.69) is 30.1 Å². The summed E-state index contributed by atoms with van der Waals surface area (Å²) >= 11 is 0. The van der Waals surface area contributed by atoms with E-state index < -0.39 is 0 Å². The Hall–Kier alpha value is -0.830. The number of aromatic nitrogens is 1. The van der Waals surface area contributed by atoms with Gasteiger partial charge in [-0.05, 0) is 69.7 Å². The Balaban J connectivity index is 1.41. The number of hydrogen-bond donors (Lipinski definition) is 0. The molecule has 0 amide bonds. The third-order valence-electron chi connectivity index (χ3n) is 8.88. The summed E-state index contributed by atoms with van der Waals surface area (Å²) in [5.41, 5.74) is 1.27. The molecule has 2 aliphatic heterocycles. The summed E-state index contributed by atoms with van der Waals surface area (Å²) in [5.74, 6) is 5.13. The summed E-state index contributed by atoms with van der Waals surface area (Å²) < 4.78 is 6.12. The lowest BCUT2D eigenvalue weighted by atomic mass is 9.66. The van der Waals surface area contributed by atoms with Crippen molar-refractivity contribution >= 4 is 0 Å². The highest BCUT2D eigenvalue weighted by Crippen LogP contribution is 2.52. The van der Waals surface area contributed by atoms with E-state index in [0.29, 0.717) is 17.9 Å². The Morgan fingerprint density at radius 1 is 0.963 bits per heavy atom. The van der Waals surface area contributed by atoms with Crippen molar-refractivity contribution in [2.75, 3.05) is 7.05 Å². The molecule has 27 heavy (non-hydrogen) atoms. The number of rotatable bonds is 3. The van der Waals surface area contributed by atoms with Gasteiger partial charge < -0.3 is 4.52 Å². The van der Waals surface area contributed by atoms with Crippen molar-refractivity contribution in [3.8, 4) is 0 Å². The fourth-order valence-corrected chi connectivity index (χ4v) is 7.16. The standard InChI is InChI=1S/C24H38N2O/c1-16-8-10-17(11-9-16)20-14-19-12-13-22(26(19)2)24(20)23-15-21(25-27-23)18-6-4-3-5-7-18/h15-20,22,24H,3-14H2,1-2H3. The number of piperidine rings is 1. The zero-order chi connectivity index (χ0) is 18.4. The van der Waals surface area contributed by atoms with Gasteiger partial charge in [0, 0.05) is 30.0 Å². The van der Waals surface area contributed by atoms with Crippen LogP contribution >= 0.6 is 0 Å². The first-order valence-corrected chi connectivity index (χ1v) is 11.9. The van der Waals surface area contributed by atoms with E-state index >= 15 is 0 Å². The fourth-order valence-electron chi connectivity index (χ4n) is 7.16. The highest BCUT2D eigenvalue weighted by molar-refractivity contribution is 5.20. The molecule has 2 saturated carbocycles. The summed E-state index contributed by atoms with van der Waals surface area (Å²) in [6.07, 6.45) is 16.6. The fraction of sp³-hybridized carbons (Fsp3) is 0.875. The second kappa shape index (κ2) is 7.54. The van der Waals surface area contributed by atoms with Crippen LogP contribution in [0, 0.1) is 17.8 Å². The molecule has 3 nitrogen and oxygen atoms in total. The Kier molecular flexibility index (Phi) is 5.08. The van der Waals surface area contributed by atoms with E-state index in [1.54, 1.807) is 0 Å². The van der Waals surface area contributed by atoms with E-state index in [9.17, 15) is 0 Å². The average Bonchev–Trinajstić information content (AvgIpc) is 3.26. The lowest BCUT2D eigenvalue weighted by Gasteiger charge is -2.46. The SMILES string of the molecule is CC1CCC(C2CC3CCC(C2c2cc(C4CCCCC4)no2)N3C)CC1. The minimum absolute atomic E-state index is 0.581. The topological polar surface area (TPSA) is 29.3 Å². The molecule has 0 N–H and O–H groups in total. The Labute approximate surface area is 165 Å². The molecule has 4 fully saturated rings.